The van der Waals surface area contributed by atoms with Crippen molar-refractivity contribution in [1.82, 2.24) is 10.6 Å². The van der Waals surface area contributed by atoms with Crippen LogP contribution in [0.1, 0.15) is 61.8 Å². The lowest BCUT2D eigenvalue weighted by Crippen LogP contribution is -2.56. The van der Waals surface area contributed by atoms with Crippen LogP contribution in [0, 0.1) is 17.3 Å². The van der Waals surface area contributed by atoms with Gasteiger partial charge in [0.05, 0.1) is 5.92 Å². The number of likely N-dealkylation sites (N-methyl/N-ethyl adjacent to an activating group) is 1. The van der Waals surface area contributed by atoms with Gasteiger partial charge in [0.25, 0.3) is 0 Å². The fraction of sp³-hybridized carbons (Fsp3) is 0.842. The fourth-order valence-corrected chi connectivity index (χ4v) is 2.48. The van der Waals surface area contributed by atoms with E-state index < -0.39 is 41.0 Å². The van der Waals surface area contributed by atoms with Gasteiger partial charge in [-0.2, -0.15) is 0 Å². The van der Waals surface area contributed by atoms with E-state index in [1.165, 1.54) is 7.05 Å². The van der Waals surface area contributed by atoms with Crippen LogP contribution >= 0.6 is 0 Å². The van der Waals surface area contributed by atoms with Gasteiger partial charge in [-0.1, -0.05) is 34.6 Å². The molecule has 0 aromatic heterocycles. The van der Waals surface area contributed by atoms with Gasteiger partial charge in [0.1, 0.15) is 11.6 Å². The minimum absolute atomic E-state index is 0.0657. The Hall–Kier alpha value is -1.63. The van der Waals surface area contributed by atoms with Gasteiger partial charge in [0.2, 0.25) is 11.8 Å². The third-order valence-corrected chi connectivity index (χ3v) is 3.75. The van der Waals surface area contributed by atoms with Crippen molar-refractivity contribution in [2.45, 2.75) is 79.6 Å². The van der Waals surface area contributed by atoms with E-state index in [0.29, 0.717) is 0 Å². The van der Waals surface area contributed by atoms with Crippen LogP contribution in [0.2, 0.25) is 0 Å². The molecule has 0 saturated heterocycles. The minimum Gasteiger partial charge on any atom is -0.458 e. The topological polar surface area (TPSA) is 105 Å². The third-order valence-electron chi connectivity index (χ3n) is 3.75. The largest absolute Gasteiger partial charge is 0.458 e. The first kappa shape index (κ1) is 24.4. The number of nitrogens with one attached hydrogen (secondary N) is 2. The van der Waals surface area contributed by atoms with E-state index in [-0.39, 0.29) is 18.2 Å². The number of hydrogen-bond donors (Lipinski definition) is 3. The maximum atomic E-state index is 12.8. The van der Waals surface area contributed by atoms with E-state index >= 15 is 0 Å². The van der Waals surface area contributed by atoms with E-state index in [1.54, 1.807) is 20.8 Å². The van der Waals surface area contributed by atoms with E-state index in [2.05, 4.69) is 10.6 Å². The molecule has 0 rings (SSSR count). The van der Waals surface area contributed by atoms with Crippen LogP contribution in [0.5, 0.6) is 0 Å². The number of carbonyl (C=O) groups excluding carboxylic acids is 3. The highest BCUT2D eigenvalue weighted by molar-refractivity contribution is 5.91. The molecule has 0 heterocycles. The Morgan fingerprint density at radius 3 is 1.85 bits per heavy atom. The summed E-state index contributed by atoms with van der Waals surface area (Å²) in [5.41, 5.74) is -1.30. The molecule has 0 aliphatic carbocycles. The Kier molecular flexibility index (Phi) is 8.76. The van der Waals surface area contributed by atoms with E-state index in [4.69, 9.17) is 4.74 Å². The van der Waals surface area contributed by atoms with Crippen molar-refractivity contribution in [3.63, 3.8) is 0 Å². The number of rotatable bonds is 7. The number of aliphatic hydroxyl groups is 1. The van der Waals surface area contributed by atoms with Crippen molar-refractivity contribution in [3.05, 3.63) is 0 Å². The quantitative estimate of drug-likeness (QED) is 0.589. The zero-order chi connectivity index (χ0) is 20.9. The second-order valence-corrected chi connectivity index (χ2v) is 9.14. The zero-order valence-electron chi connectivity index (χ0n) is 17.6. The van der Waals surface area contributed by atoms with E-state index in [1.807, 2.05) is 34.6 Å². The second-order valence-electron chi connectivity index (χ2n) is 9.14. The predicted molar refractivity (Wildman–Crippen MR) is 100 cm³/mol. The molecule has 0 saturated carbocycles. The molecule has 7 heteroatoms. The summed E-state index contributed by atoms with van der Waals surface area (Å²) in [4.78, 5) is 37.2. The highest BCUT2D eigenvalue weighted by Gasteiger charge is 2.39. The molecule has 0 unspecified atom stereocenters. The highest BCUT2D eigenvalue weighted by atomic mass is 16.6. The van der Waals surface area contributed by atoms with Crippen molar-refractivity contribution in [3.8, 4) is 0 Å². The van der Waals surface area contributed by atoms with Crippen molar-refractivity contribution in [2.75, 3.05) is 7.05 Å². The Labute approximate surface area is 157 Å². The monoisotopic (exact) mass is 372 g/mol. The molecule has 0 spiro atoms. The first-order chi connectivity index (χ1) is 11.6. The van der Waals surface area contributed by atoms with Gasteiger partial charge < -0.3 is 20.5 Å². The van der Waals surface area contributed by atoms with E-state index in [0.717, 1.165) is 0 Å². The van der Waals surface area contributed by atoms with Crippen molar-refractivity contribution >= 4 is 17.8 Å². The van der Waals surface area contributed by atoms with Gasteiger partial charge in [0, 0.05) is 7.05 Å². The molecular formula is C19H36N2O5. The molecule has 0 radical (unpaired) electrons. The number of esters is 1. The smallest absolute Gasteiger partial charge is 0.336 e. The molecule has 7 nitrogen and oxygen atoms in total. The van der Waals surface area contributed by atoms with Gasteiger partial charge >= 0.3 is 5.97 Å². The first-order valence-corrected chi connectivity index (χ1v) is 9.03. The normalized spacial score (nSPS) is 15.8. The first-order valence-electron chi connectivity index (χ1n) is 9.03. The maximum Gasteiger partial charge on any atom is 0.336 e. The Bertz CT molecular complexity index is 503. The summed E-state index contributed by atoms with van der Waals surface area (Å²) in [6.07, 6.45) is -1.31. The SMILES string of the molecule is CNC(=O)[C@@H](NC(=O)[C@H](CC(C)C)[C@H](O)C(=O)OC(C)(C)C)C(C)(C)C. The maximum absolute atomic E-state index is 12.8. The Balaban J connectivity index is 5.48. The van der Waals surface area contributed by atoms with Crippen LogP contribution in [0.25, 0.3) is 0 Å². The molecule has 0 fully saturated rings. The van der Waals surface area contributed by atoms with Crippen LogP contribution in [-0.4, -0.2) is 47.7 Å². The lowest BCUT2D eigenvalue weighted by molar-refractivity contribution is -0.170. The Morgan fingerprint density at radius 1 is 1.00 bits per heavy atom. The average molecular weight is 373 g/mol. The Morgan fingerprint density at radius 2 is 1.50 bits per heavy atom. The van der Waals surface area contributed by atoms with Crippen LogP contribution in [0.3, 0.4) is 0 Å². The van der Waals surface area contributed by atoms with Gasteiger partial charge in [-0.15, -0.1) is 0 Å². The second kappa shape index (κ2) is 9.35. The van der Waals surface area contributed by atoms with E-state index in [9.17, 15) is 19.5 Å². The van der Waals surface area contributed by atoms with Gasteiger partial charge in [-0.05, 0) is 38.5 Å². The lowest BCUT2D eigenvalue weighted by atomic mass is 9.84. The summed E-state index contributed by atoms with van der Waals surface area (Å²) >= 11 is 0. The molecule has 0 aromatic carbocycles. The fourth-order valence-electron chi connectivity index (χ4n) is 2.48. The number of carbonyl (C=O) groups is 3. The summed E-state index contributed by atoms with van der Waals surface area (Å²) in [6.45, 7) is 14.3. The van der Waals surface area contributed by atoms with Crippen LogP contribution in [0.4, 0.5) is 0 Å². The standard InChI is InChI=1S/C19H36N2O5/c1-11(2)10-12(13(22)17(25)26-19(6,7)8)15(23)21-14(16(24)20-9)18(3,4)5/h11-14,22H,10H2,1-9H3,(H,20,24)(H,21,23)/t12-,13+,14-/m1/s1. The molecule has 0 aliphatic rings. The molecule has 3 N–H and O–H groups in total. The van der Waals surface area contributed by atoms with Gasteiger partial charge in [0.15, 0.2) is 6.10 Å². The molecule has 0 aromatic rings. The minimum atomic E-state index is -1.60. The third kappa shape index (κ3) is 8.17. The molecule has 2 amide bonds. The van der Waals surface area contributed by atoms with Crippen molar-refractivity contribution < 1.29 is 24.2 Å². The molecular weight excluding hydrogens is 336 g/mol. The summed E-state index contributed by atoms with van der Waals surface area (Å²) in [5, 5.41) is 15.7. The predicted octanol–water partition coefficient (Wildman–Crippen LogP) is 1.63. The lowest BCUT2D eigenvalue weighted by Gasteiger charge is -2.32. The molecule has 3 atom stereocenters. The van der Waals surface area contributed by atoms with Crippen LogP contribution in [-0.2, 0) is 19.1 Å². The zero-order valence-corrected chi connectivity index (χ0v) is 17.6. The molecule has 26 heavy (non-hydrogen) atoms. The highest BCUT2D eigenvalue weighted by Crippen LogP contribution is 2.23. The number of amides is 2. The summed E-state index contributed by atoms with van der Waals surface area (Å²) in [5.74, 6) is -2.65. The summed E-state index contributed by atoms with van der Waals surface area (Å²) in [7, 11) is 1.49. The molecule has 0 bridgehead atoms. The van der Waals surface area contributed by atoms with Crippen LogP contribution in [0.15, 0.2) is 0 Å². The van der Waals surface area contributed by atoms with Gasteiger partial charge in [-0.25, -0.2) is 4.79 Å². The number of hydrogen-bond acceptors (Lipinski definition) is 5. The number of ether oxygens (including phenoxy) is 1. The van der Waals surface area contributed by atoms with Gasteiger partial charge in [-0.3, -0.25) is 9.59 Å². The van der Waals surface area contributed by atoms with Crippen LogP contribution < -0.4 is 10.6 Å². The van der Waals surface area contributed by atoms with Crippen molar-refractivity contribution in [2.24, 2.45) is 17.3 Å². The number of aliphatic hydroxyl groups excluding tert-OH is 1. The molecule has 0 aliphatic heterocycles. The average Bonchev–Trinajstić information content (AvgIpc) is 2.45. The van der Waals surface area contributed by atoms with Crippen molar-refractivity contribution in [1.29, 1.82) is 0 Å². The summed E-state index contributed by atoms with van der Waals surface area (Å²) < 4.78 is 5.20. The summed E-state index contributed by atoms with van der Waals surface area (Å²) in [6, 6.07) is -0.791. The molecule has 152 valence electrons.